The second-order valence-corrected chi connectivity index (χ2v) is 6.63. The third-order valence-corrected chi connectivity index (χ3v) is 4.83. The van der Waals surface area contributed by atoms with Crippen molar-refractivity contribution in [2.45, 2.75) is 51.7 Å². The normalized spacial score (nSPS) is 19.8. The Kier molecular flexibility index (Phi) is 5.39. The number of nitrogens with one attached hydrogen (secondary N) is 1. The molecule has 8 heteroatoms. The number of hydrogen-bond acceptors (Lipinski definition) is 6. The number of hydrogen-bond donors (Lipinski definition) is 1. The van der Waals surface area contributed by atoms with Crippen LogP contribution in [0.2, 0.25) is 0 Å². The minimum Gasteiger partial charge on any atom is -0.480 e. The molecule has 0 radical (unpaired) electrons. The zero-order valence-electron chi connectivity index (χ0n) is 15.7. The predicted molar refractivity (Wildman–Crippen MR) is 95.4 cm³/mol. The van der Waals surface area contributed by atoms with Crippen LogP contribution in [0.1, 0.15) is 47.4 Å². The van der Waals surface area contributed by atoms with E-state index in [9.17, 15) is 4.79 Å². The van der Waals surface area contributed by atoms with Gasteiger partial charge in [0, 0.05) is 18.8 Å². The Morgan fingerprint density at radius 1 is 1.19 bits per heavy atom. The second kappa shape index (κ2) is 7.72. The molecule has 140 valence electrons. The van der Waals surface area contributed by atoms with E-state index in [1.54, 1.807) is 24.2 Å². The van der Waals surface area contributed by atoms with Crippen LogP contribution in [-0.2, 0) is 7.05 Å². The van der Waals surface area contributed by atoms with Gasteiger partial charge in [-0.3, -0.25) is 14.5 Å². The first-order valence-electron chi connectivity index (χ1n) is 8.81. The summed E-state index contributed by atoms with van der Waals surface area (Å²) in [6, 6.07) is 0.151. The molecule has 0 aliphatic heterocycles. The molecule has 1 saturated carbocycles. The summed E-state index contributed by atoms with van der Waals surface area (Å²) in [5, 5.41) is 7.45. The van der Waals surface area contributed by atoms with Crippen LogP contribution in [0.25, 0.3) is 0 Å². The van der Waals surface area contributed by atoms with Gasteiger partial charge in [-0.1, -0.05) is 0 Å². The summed E-state index contributed by atoms with van der Waals surface area (Å²) >= 11 is 0. The van der Waals surface area contributed by atoms with Gasteiger partial charge < -0.3 is 14.8 Å². The number of amides is 1. The lowest BCUT2D eigenvalue weighted by Gasteiger charge is -2.29. The number of carbonyl (C=O) groups is 1. The van der Waals surface area contributed by atoms with Gasteiger partial charge in [-0.2, -0.15) is 10.1 Å². The van der Waals surface area contributed by atoms with Crippen molar-refractivity contribution < 1.29 is 14.3 Å². The highest BCUT2D eigenvalue weighted by molar-refractivity contribution is 5.96. The van der Waals surface area contributed by atoms with Gasteiger partial charge in [0.05, 0.1) is 30.8 Å². The highest BCUT2D eigenvalue weighted by Gasteiger charge is 2.26. The lowest BCUT2D eigenvalue weighted by molar-refractivity contribution is 0.0887. The van der Waals surface area contributed by atoms with E-state index < -0.39 is 0 Å². The number of rotatable bonds is 5. The lowest BCUT2D eigenvalue weighted by Crippen LogP contribution is -2.40. The van der Waals surface area contributed by atoms with E-state index >= 15 is 0 Å². The smallest absolute Gasteiger partial charge is 0.255 e. The molecule has 0 aromatic carbocycles. The second-order valence-electron chi connectivity index (χ2n) is 6.63. The molecule has 8 nitrogen and oxygen atoms in total. The minimum atomic E-state index is -0.0452. The van der Waals surface area contributed by atoms with Crippen LogP contribution in [-0.4, -0.2) is 44.9 Å². The molecule has 2 heterocycles. The molecule has 1 N–H and O–H groups in total. The predicted octanol–water partition coefficient (Wildman–Crippen LogP) is 1.96. The van der Waals surface area contributed by atoms with E-state index in [0.29, 0.717) is 17.3 Å². The van der Waals surface area contributed by atoms with E-state index in [0.717, 1.165) is 37.1 Å². The molecule has 2 aromatic heterocycles. The van der Waals surface area contributed by atoms with Gasteiger partial charge in [0.1, 0.15) is 6.10 Å². The molecule has 0 spiro atoms. The fourth-order valence-corrected chi connectivity index (χ4v) is 3.34. The molecule has 26 heavy (non-hydrogen) atoms. The molecule has 2 aromatic rings. The van der Waals surface area contributed by atoms with Crippen molar-refractivity contribution in [3.05, 3.63) is 29.3 Å². The molecule has 0 saturated heterocycles. The van der Waals surface area contributed by atoms with Crippen LogP contribution < -0.4 is 14.8 Å². The Labute approximate surface area is 152 Å². The first-order valence-corrected chi connectivity index (χ1v) is 8.81. The zero-order valence-corrected chi connectivity index (χ0v) is 15.7. The monoisotopic (exact) mass is 359 g/mol. The first-order chi connectivity index (χ1) is 12.5. The Balaban J connectivity index is 1.53. The molecule has 3 rings (SSSR count). The van der Waals surface area contributed by atoms with E-state index in [1.807, 2.05) is 20.9 Å². The van der Waals surface area contributed by atoms with Crippen molar-refractivity contribution in [3.63, 3.8) is 0 Å². The van der Waals surface area contributed by atoms with Crippen LogP contribution in [0.15, 0.2) is 12.4 Å². The fourth-order valence-electron chi connectivity index (χ4n) is 3.34. The van der Waals surface area contributed by atoms with Crippen molar-refractivity contribution in [2.24, 2.45) is 7.05 Å². The summed E-state index contributed by atoms with van der Waals surface area (Å²) < 4.78 is 12.7. The van der Waals surface area contributed by atoms with Crippen LogP contribution >= 0.6 is 0 Å². The van der Waals surface area contributed by atoms with Gasteiger partial charge >= 0.3 is 0 Å². The number of methoxy groups -OCH3 is 1. The van der Waals surface area contributed by atoms with Gasteiger partial charge in [0.25, 0.3) is 5.91 Å². The Morgan fingerprint density at radius 2 is 1.88 bits per heavy atom. The molecule has 1 fully saturated rings. The number of aryl methyl sites for hydroxylation is 2. The van der Waals surface area contributed by atoms with Gasteiger partial charge in [0.15, 0.2) is 0 Å². The van der Waals surface area contributed by atoms with Gasteiger partial charge in [-0.25, -0.2) is 0 Å². The SMILES string of the molecule is COc1cncc(OC2CCC(NC(=O)c3c(C)nn(C)c3C)CC2)n1. The van der Waals surface area contributed by atoms with Crippen LogP contribution in [0.5, 0.6) is 11.8 Å². The topological polar surface area (TPSA) is 91.2 Å². The number of aromatic nitrogens is 4. The molecule has 0 bridgehead atoms. The van der Waals surface area contributed by atoms with E-state index in [2.05, 4.69) is 20.4 Å². The van der Waals surface area contributed by atoms with Gasteiger partial charge in [-0.15, -0.1) is 0 Å². The highest BCUT2D eigenvalue weighted by Crippen LogP contribution is 2.24. The van der Waals surface area contributed by atoms with Crippen LogP contribution in [0.4, 0.5) is 0 Å². The molecule has 1 aliphatic carbocycles. The maximum atomic E-state index is 12.6. The average Bonchev–Trinajstić information content (AvgIpc) is 2.89. The van der Waals surface area contributed by atoms with E-state index in [4.69, 9.17) is 9.47 Å². The molecular weight excluding hydrogens is 334 g/mol. The summed E-state index contributed by atoms with van der Waals surface area (Å²) in [4.78, 5) is 20.9. The quantitative estimate of drug-likeness (QED) is 0.877. The van der Waals surface area contributed by atoms with E-state index in [1.165, 1.54) is 0 Å². The summed E-state index contributed by atoms with van der Waals surface area (Å²) in [6.07, 6.45) is 6.65. The molecule has 0 atom stereocenters. The first kappa shape index (κ1) is 18.2. The maximum Gasteiger partial charge on any atom is 0.255 e. The Morgan fingerprint density at radius 3 is 2.50 bits per heavy atom. The Bertz CT molecular complexity index is 781. The van der Waals surface area contributed by atoms with Crippen molar-refractivity contribution in [1.29, 1.82) is 0 Å². The highest BCUT2D eigenvalue weighted by atomic mass is 16.5. The summed E-state index contributed by atoms with van der Waals surface area (Å²) in [5.74, 6) is 0.861. The average molecular weight is 359 g/mol. The third kappa shape index (κ3) is 3.95. The van der Waals surface area contributed by atoms with Crippen molar-refractivity contribution in [3.8, 4) is 11.8 Å². The molecular formula is C18H25N5O3. The largest absolute Gasteiger partial charge is 0.480 e. The Hall–Kier alpha value is -2.64. The maximum absolute atomic E-state index is 12.6. The van der Waals surface area contributed by atoms with Crippen molar-refractivity contribution in [2.75, 3.05) is 7.11 Å². The summed E-state index contributed by atoms with van der Waals surface area (Å²) in [5.41, 5.74) is 2.32. The molecule has 1 aliphatic rings. The fraction of sp³-hybridized carbons (Fsp3) is 0.556. The van der Waals surface area contributed by atoms with Gasteiger partial charge in [-0.05, 0) is 39.5 Å². The summed E-state index contributed by atoms with van der Waals surface area (Å²) in [7, 11) is 3.40. The van der Waals surface area contributed by atoms with Crippen molar-refractivity contribution >= 4 is 5.91 Å². The molecule has 0 unspecified atom stereocenters. The number of ether oxygens (including phenoxy) is 2. The molecule has 1 amide bonds. The van der Waals surface area contributed by atoms with Crippen molar-refractivity contribution in [1.82, 2.24) is 25.1 Å². The minimum absolute atomic E-state index is 0.0452. The zero-order chi connectivity index (χ0) is 18.7. The lowest BCUT2D eigenvalue weighted by atomic mass is 9.92. The standard InChI is InChI=1S/C18H25N5O3/c1-11-17(12(2)23(3)22-11)18(24)20-13-5-7-14(8-6-13)26-16-10-19-9-15(21-16)25-4/h9-10,13-14H,5-8H2,1-4H3,(H,20,24). The number of carbonyl (C=O) groups excluding carboxylic acids is 1. The summed E-state index contributed by atoms with van der Waals surface area (Å²) in [6.45, 7) is 3.77. The van der Waals surface area contributed by atoms with Crippen LogP contribution in [0, 0.1) is 13.8 Å². The van der Waals surface area contributed by atoms with Gasteiger partial charge in [0.2, 0.25) is 11.8 Å². The third-order valence-electron chi connectivity index (χ3n) is 4.83. The van der Waals surface area contributed by atoms with Crippen LogP contribution in [0.3, 0.4) is 0 Å². The number of nitrogens with zero attached hydrogens (tertiary/aromatic N) is 4. The van der Waals surface area contributed by atoms with E-state index in [-0.39, 0.29) is 18.1 Å².